The number of aromatic nitrogens is 2. The van der Waals surface area contributed by atoms with Crippen molar-refractivity contribution >= 4 is 33.3 Å². The Kier molecular flexibility index (Phi) is 5.89. The van der Waals surface area contributed by atoms with E-state index < -0.39 is 22.1 Å². The molecule has 0 aliphatic carbocycles. The first-order valence-corrected chi connectivity index (χ1v) is 8.64. The van der Waals surface area contributed by atoms with Crippen LogP contribution >= 0.6 is 11.6 Å². The van der Waals surface area contributed by atoms with Gasteiger partial charge in [0, 0.05) is 6.54 Å². The van der Waals surface area contributed by atoms with Crippen molar-refractivity contribution in [3.8, 4) is 5.88 Å². The predicted octanol–water partition coefficient (Wildman–Crippen LogP) is 0.460. The number of ether oxygens (including phenoxy) is 1. The number of nitrogens with one attached hydrogen (secondary N) is 1. The van der Waals surface area contributed by atoms with Crippen LogP contribution < -0.4 is 20.3 Å². The monoisotopic (exact) mass is 392 g/mol. The van der Waals surface area contributed by atoms with E-state index >= 15 is 0 Å². The highest BCUT2D eigenvalue weighted by molar-refractivity contribution is 7.87. The topological polar surface area (TPSA) is 159 Å². The zero-order chi connectivity index (χ0) is 18.6. The maximum Gasteiger partial charge on any atom is 0.287 e. The number of halogens is 2. The van der Waals surface area contributed by atoms with E-state index in [1.807, 2.05) is 0 Å². The molecule has 0 fully saturated rings. The first-order chi connectivity index (χ1) is 11.7. The molecule has 0 saturated heterocycles. The first kappa shape index (κ1) is 19.1. The van der Waals surface area contributed by atoms with Crippen molar-refractivity contribution in [3.05, 3.63) is 34.7 Å². The van der Waals surface area contributed by atoms with Gasteiger partial charge >= 0.3 is 0 Å². The minimum atomic E-state index is -3.85. The van der Waals surface area contributed by atoms with Crippen molar-refractivity contribution in [2.75, 3.05) is 6.54 Å². The van der Waals surface area contributed by atoms with Crippen molar-refractivity contribution in [2.24, 2.45) is 15.9 Å². The van der Waals surface area contributed by atoms with E-state index in [0.29, 0.717) is 0 Å². The smallest absolute Gasteiger partial charge is 0.287 e. The van der Waals surface area contributed by atoms with Crippen LogP contribution in [-0.4, -0.2) is 37.2 Å². The second kappa shape index (κ2) is 7.74. The molecule has 10 nitrogen and oxygen atoms in total. The molecule has 5 N–H and O–H groups in total. The summed E-state index contributed by atoms with van der Waals surface area (Å²) in [4.78, 5) is 4.03. The number of nitrogens with two attached hydrogens (primary N) is 2. The van der Waals surface area contributed by atoms with Crippen LogP contribution in [0.2, 0.25) is 5.02 Å². The fraction of sp³-hybridized carbons (Fsp3) is 0.250. The molecule has 0 aliphatic rings. The Morgan fingerprint density at radius 1 is 1.52 bits per heavy atom. The van der Waals surface area contributed by atoms with Crippen LogP contribution in [0.25, 0.3) is 0 Å². The SMILES string of the molecule is C[C@@H](CNS(N)(=O)=O)Oc1nonc1C(N)=Nc1ccc(F)c(Cl)c1. The summed E-state index contributed by atoms with van der Waals surface area (Å²) in [6.07, 6.45) is -0.656. The van der Waals surface area contributed by atoms with Crippen LogP contribution in [0, 0.1) is 5.82 Å². The van der Waals surface area contributed by atoms with Crippen molar-refractivity contribution in [2.45, 2.75) is 13.0 Å². The number of amidine groups is 1. The molecule has 0 amide bonds. The molecule has 2 rings (SSSR count). The molecule has 1 heterocycles. The molecule has 2 aromatic rings. The van der Waals surface area contributed by atoms with E-state index in [4.69, 9.17) is 27.2 Å². The third-order valence-electron chi connectivity index (χ3n) is 2.74. The summed E-state index contributed by atoms with van der Waals surface area (Å²) in [6.45, 7) is 1.44. The molecule has 136 valence electrons. The highest BCUT2D eigenvalue weighted by Gasteiger charge is 2.19. The van der Waals surface area contributed by atoms with Gasteiger partial charge in [0.1, 0.15) is 11.9 Å². The Hall–Kier alpha value is -2.28. The number of aliphatic imine (C=N–C) groups is 1. The maximum atomic E-state index is 13.1. The lowest BCUT2D eigenvalue weighted by Crippen LogP contribution is -2.37. The number of hydrogen-bond donors (Lipinski definition) is 3. The van der Waals surface area contributed by atoms with Crippen LogP contribution in [0.5, 0.6) is 5.88 Å². The summed E-state index contributed by atoms with van der Waals surface area (Å²) < 4.78 is 46.9. The Balaban J connectivity index is 2.14. The fourth-order valence-corrected chi connectivity index (χ4v) is 2.27. The van der Waals surface area contributed by atoms with Gasteiger partial charge in [0.25, 0.3) is 16.1 Å². The number of benzene rings is 1. The molecule has 0 aliphatic heterocycles. The minimum Gasteiger partial charge on any atom is -0.469 e. The lowest BCUT2D eigenvalue weighted by molar-refractivity contribution is 0.197. The van der Waals surface area contributed by atoms with Gasteiger partial charge in [0.15, 0.2) is 5.84 Å². The minimum absolute atomic E-state index is 0.0112. The van der Waals surface area contributed by atoms with E-state index in [2.05, 4.69) is 24.7 Å². The average Bonchev–Trinajstić information content (AvgIpc) is 2.96. The second-order valence-corrected chi connectivity index (χ2v) is 6.62. The third-order valence-corrected chi connectivity index (χ3v) is 3.60. The molecule has 0 saturated carbocycles. The highest BCUT2D eigenvalue weighted by Crippen LogP contribution is 2.23. The Bertz CT molecular complexity index is 887. The van der Waals surface area contributed by atoms with Crippen LogP contribution in [-0.2, 0) is 10.2 Å². The normalized spacial score (nSPS) is 13.7. The molecule has 1 aromatic carbocycles. The Morgan fingerprint density at radius 2 is 2.24 bits per heavy atom. The lowest BCUT2D eigenvalue weighted by Gasteiger charge is -2.12. The van der Waals surface area contributed by atoms with Crippen LogP contribution in [0.1, 0.15) is 12.6 Å². The lowest BCUT2D eigenvalue weighted by atomic mass is 10.3. The zero-order valence-corrected chi connectivity index (χ0v) is 14.4. The summed E-state index contributed by atoms with van der Waals surface area (Å²) in [5.41, 5.74) is 6.09. The number of hydrogen-bond acceptors (Lipinski definition) is 7. The van der Waals surface area contributed by atoms with Gasteiger partial charge in [-0.05, 0) is 35.4 Å². The van der Waals surface area contributed by atoms with Crippen molar-refractivity contribution in [1.29, 1.82) is 0 Å². The van der Waals surface area contributed by atoms with E-state index in [1.54, 1.807) is 6.92 Å². The summed E-state index contributed by atoms with van der Waals surface area (Å²) in [6, 6.07) is 3.77. The van der Waals surface area contributed by atoms with Gasteiger partial charge in [-0.15, -0.1) is 0 Å². The van der Waals surface area contributed by atoms with E-state index in [0.717, 1.165) is 6.07 Å². The third kappa shape index (κ3) is 5.63. The van der Waals surface area contributed by atoms with Crippen LogP contribution in [0.4, 0.5) is 10.1 Å². The van der Waals surface area contributed by atoms with Crippen LogP contribution in [0.3, 0.4) is 0 Å². The standard InChI is InChI=1S/C12H14ClFN6O4S/c1-6(5-17-25(16,21)22)23-12-10(19-24-20-12)11(15)18-7-2-3-9(14)8(13)4-7/h2-4,6,17H,5H2,1H3,(H2,15,18)(H2,16,21,22)/t6-/m0/s1. The summed E-state index contributed by atoms with van der Waals surface area (Å²) >= 11 is 5.67. The van der Waals surface area contributed by atoms with Gasteiger partial charge in [-0.2, -0.15) is 13.1 Å². The van der Waals surface area contributed by atoms with Gasteiger partial charge in [0.2, 0.25) is 5.69 Å². The van der Waals surface area contributed by atoms with E-state index in [9.17, 15) is 12.8 Å². The molecule has 1 aromatic heterocycles. The molecular formula is C12H14ClFN6O4S. The molecule has 0 spiro atoms. The first-order valence-electron chi connectivity index (χ1n) is 6.72. The van der Waals surface area contributed by atoms with Gasteiger partial charge in [0.05, 0.1) is 10.7 Å². The number of rotatable bonds is 7. The molecule has 0 unspecified atom stereocenters. The molecular weight excluding hydrogens is 379 g/mol. The van der Waals surface area contributed by atoms with Gasteiger partial charge < -0.3 is 10.5 Å². The van der Waals surface area contributed by atoms with Gasteiger partial charge in [-0.25, -0.2) is 19.2 Å². The summed E-state index contributed by atoms with van der Waals surface area (Å²) in [5.74, 6) is -0.814. The average molecular weight is 393 g/mol. The van der Waals surface area contributed by atoms with Gasteiger partial charge in [-0.1, -0.05) is 11.6 Å². The second-order valence-electron chi connectivity index (χ2n) is 4.84. The Labute approximate surface area is 147 Å². The quantitative estimate of drug-likeness (QED) is 0.455. The largest absolute Gasteiger partial charge is 0.469 e. The molecule has 0 bridgehead atoms. The van der Waals surface area contributed by atoms with E-state index in [-0.39, 0.29) is 34.7 Å². The maximum absolute atomic E-state index is 13.1. The molecule has 25 heavy (non-hydrogen) atoms. The summed E-state index contributed by atoms with van der Waals surface area (Å²) in [7, 11) is -3.85. The fourth-order valence-electron chi connectivity index (χ4n) is 1.63. The van der Waals surface area contributed by atoms with Crippen molar-refractivity contribution in [1.82, 2.24) is 15.0 Å². The molecule has 13 heteroatoms. The van der Waals surface area contributed by atoms with Gasteiger partial charge in [-0.3, -0.25) is 0 Å². The van der Waals surface area contributed by atoms with E-state index in [1.165, 1.54) is 12.1 Å². The molecule has 0 radical (unpaired) electrons. The Morgan fingerprint density at radius 3 is 2.88 bits per heavy atom. The zero-order valence-electron chi connectivity index (χ0n) is 12.8. The number of nitrogens with zero attached hydrogens (tertiary/aromatic N) is 3. The summed E-state index contributed by atoms with van der Waals surface area (Å²) in [5, 5.41) is 11.8. The van der Waals surface area contributed by atoms with Crippen LogP contribution in [0.15, 0.2) is 27.8 Å². The van der Waals surface area contributed by atoms with Crippen molar-refractivity contribution < 1.29 is 22.2 Å². The predicted molar refractivity (Wildman–Crippen MR) is 87.3 cm³/mol. The highest BCUT2D eigenvalue weighted by atomic mass is 35.5. The van der Waals surface area contributed by atoms with Crippen molar-refractivity contribution in [3.63, 3.8) is 0 Å². The molecule has 1 atom stereocenters.